The lowest BCUT2D eigenvalue weighted by atomic mass is 10.2. The summed E-state index contributed by atoms with van der Waals surface area (Å²) in [4.78, 5) is 0. The van der Waals surface area contributed by atoms with Crippen molar-refractivity contribution in [2.45, 2.75) is 34.1 Å². The van der Waals surface area contributed by atoms with Crippen LogP contribution >= 0.6 is 0 Å². The summed E-state index contributed by atoms with van der Waals surface area (Å²) in [7, 11) is 0. The fourth-order valence-corrected chi connectivity index (χ4v) is 0.843. The van der Waals surface area contributed by atoms with E-state index in [0.717, 1.165) is 12.1 Å². The van der Waals surface area contributed by atoms with Crippen molar-refractivity contribution in [2.75, 3.05) is 5.32 Å². The molecule has 14 heavy (non-hydrogen) atoms. The summed E-state index contributed by atoms with van der Waals surface area (Å²) in [6.07, 6.45) is 3.15. The van der Waals surface area contributed by atoms with Crippen LogP contribution in [-0.4, -0.2) is 0 Å². The Labute approximate surface area is 87.9 Å². The first-order valence-electron chi connectivity index (χ1n) is 5.30. The van der Waals surface area contributed by atoms with E-state index in [2.05, 4.69) is 37.5 Å². The molecule has 0 saturated carbocycles. The number of benzene rings is 1. The minimum Gasteiger partial charge on any atom is -0.362 e. The molecule has 0 atom stereocenters. The van der Waals surface area contributed by atoms with Crippen molar-refractivity contribution in [2.24, 2.45) is 0 Å². The molecule has 0 aromatic heterocycles. The van der Waals surface area contributed by atoms with Crippen molar-refractivity contribution >= 4 is 5.69 Å². The van der Waals surface area contributed by atoms with Gasteiger partial charge in [0.15, 0.2) is 0 Å². The number of anilines is 1. The standard InChI is InChI=1S/C11H15N.C2H6/c1-3-10(2)9-12-11-7-5-4-6-8-11;1-2/h4-9,12H,3H2,1-2H3;1-2H3/b10-9+;. The van der Waals surface area contributed by atoms with Crippen LogP contribution < -0.4 is 5.32 Å². The second-order valence-electron chi connectivity index (χ2n) is 2.85. The summed E-state index contributed by atoms with van der Waals surface area (Å²) in [6, 6.07) is 10.2. The van der Waals surface area contributed by atoms with E-state index in [1.165, 1.54) is 5.57 Å². The van der Waals surface area contributed by atoms with Crippen molar-refractivity contribution < 1.29 is 0 Å². The van der Waals surface area contributed by atoms with Gasteiger partial charge in [0.25, 0.3) is 0 Å². The van der Waals surface area contributed by atoms with Crippen molar-refractivity contribution in [3.05, 3.63) is 42.1 Å². The number of para-hydroxylation sites is 1. The molecule has 1 nitrogen and oxygen atoms in total. The number of nitrogens with one attached hydrogen (secondary N) is 1. The average Bonchev–Trinajstić information content (AvgIpc) is 2.30. The number of hydrogen-bond acceptors (Lipinski definition) is 1. The van der Waals surface area contributed by atoms with Gasteiger partial charge in [0.1, 0.15) is 0 Å². The Hall–Kier alpha value is -1.24. The van der Waals surface area contributed by atoms with E-state index >= 15 is 0 Å². The summed E-state index contributed by atoms with van der Waals surface area (Å²) in [5, 5.41) is 3.23. The van der Waals surface area contributed by atoms with Gasteiger partial charge in [0.2, 0.25) is 0 Å². The van der Waals surface area contributed by atoms with Gasteiger partial charge >= 0.3 is 0 Å². The predicted octanol–water partition coefficient (Wildman–Crippen LogP) is 4.44. The molecule has 78 valence electrons. The smallest absolute Gasteiger partial charge is 0.0379 e. The van der Waals surface area contributed by atoms with Crippen LogP contribution in [0.15, 0.2) is 42.1 Å². The monoisotopic (exact) mass is 191 g/mol. The molecule has 0 aliphatic rings. The third-order valence-corrected chi connectivity index (χ3v) is 1.82. The molecule has 0 fully saturated rings. The molecular formula is C13H21N. The molecular weight excluding hydrogens is 170 g/mol. The minimum atomic E-state index is 1.10. The Bertz CT molecular complexity index is 249. The molecule has 0 radical (unpaired) electrons. The lowest BCUT2D eigenvalue weighted by Gasteiger charge is -2.00. The highest BCUT2D eigenvalue weighted by atomic mass is 14.8. The number of hydrogen-bond donors (Lipinski definition) is 1. The highest BCUT2D eigenvalue weighted by molar-refractivity contribution is 5.45. The second-order valence-corrected chi connectivity index (χ2v) is 2.85. The summed E-state index contributed by atoms with van der Waals surface area (Å²) in [5.74, 6) is 0. The van der Waals surface area contributed by atoms with Crippen LogP contribution in [0.3, 0.4) is 0 Å². The van der Waals surface area contributed by atoms with Gasteiger partial charge < -0.3 is 5.32 Å². The molecule has 0 unspecified atom stereocenters. The molecule has 0 saturated heterocycles. The molecule has 0 bridgehead atoms. The van der Waals surface area contributed by atoms with Crippen molar-refractivity contribution in [3.8, 4) is 0 Å². The van der Waals surface area contributed by atoms with Crippen LogP contribution in [0, 0.1) is 0 Å². The van der Waals surface area contributed by atoms with E-state index in [1.807, 2.05) is 32.0 Å². The van der Waals surface area contributed by atoms with Gasteiger partial charge in [-0.1, -0.05) is 44.5 Å². The zero-order valence-electron chi connectivity index (χ0n) is 9.67. The maximum atomic E-state index is 3.23. The quantitative estimate of drug-likeness (QED) is 0.744. The molecule has 1 heteroatoms. The zero-order chi connectivity index (χ0) is 10.8. The number of allylic oxidation sites excluding steroid dienone is 1. The van der Waals surface area contributed by atoms with Gasteiger partial charge in [-0.25, -0.2) is 0 Å². The number of rotatable bonds is 3. The summed E-state index contributed by atoms with van der Waals surface area (Å²) < 4.78 is 0. The van der Waals surface area contributed by atoms with E-state index in [9.17, 15) is 0 Å². The molecule has 1 aromatic carbocycles. The van der Waals surface area contributed by atoms with Crippen LogP contribution in [0.2, 0.25) is 0 Å². The molecule has 0 heterocycles. The van der Waals surface area contributed by atoms with E-state index in [4.69, 9.17) is 0 Å². The third-order valence-electron chi connectivity index (χ3n) is 1.82. The second kappa shape index (κ2) is 8.36. The lowest BCUT2D eigenvalue weighted by Crippen LogP contribution is -1.88. The Morgan fingerprint density at radius 1 is 1.21 bits per heavy atom. The average molecular weight is 191 g/mol. The first-order chi connectivity index (χ1) is 6.83. The fraction of sp³-hybridized carbons (Fsp3) is 0.385. The summed E-state index contributed by atoms with van der Waals surface area (Å²) in [6.45, 7) is 8.27. The van der Waals surface area contributed by atoms with E-state index in [-0.39, 0.29) is 0 Å². The lowest BCUT2D eigenvalue weighted by molar-refractivity contribution is 1.09. The molecule has 1 aromatic rings. The SMILES string of the molecule is CC.CC/C(C)=C/Nc1ccccc1. The van der Waals surface area contributed by atoms with Crippen LogP contribution in [0.1, 0.15) is 34.1 Å². The van der Waals surface area contributed by atoms with Gasteiger partial charge in [0.05, 0.1) is 0 Å². The van der Waals surface area contributed by atoms with E-state index in [1.54, 1.807) is 0 Å². The van der Waals surface area contributed by atoms with Crippen LogP contribution in [0.4, 0.5) is 5.69 Å². The van der Waals surface area contributed by atoms with Crippen molar-refractivity contribution in [3.63, 3.8) is 0 Å². The molecule has 1 rings (SSSR count). The van der Waals surface area contributed by atoms with Crippen molar-refractivity contribution in [1.29, 1.82) is 0 Å². The van der Waals surface area contributed by atoms with E-state index in [0.29, 0.717) is 0 Å². The van der Waals surface area contributed by atoms with Gasteiger partial charge in [0, 0.05) is 5.69 Å². The maximum Gasteiger partial charge on any atom is 0.0379 e. The van der Waals surface area contributed by atoms with Crippen LogP contribution in [0.5, 0.6) is 0 Å². The molecule has 0 spiro atoms. The molecule has 0 aliphatic carbocycles. The van der Waals surface area contributed by atoms with Crippen LogP contribution in [0.25, 0.3) is 0 Å². The Morgan fingerprint density at radius 3 is 2.29 bits per heavy atom. The normalized spacial score (nSPS) is 10.1. The first kappa shape index (κ1) is 12.8. The topological polar surface area (TPSA) is 12.0 Å². The van der Waals surface area contributed by atoms with Gasteiger partial charge in [-0.3, -0.25) is 0 Å². The Kier molecular flexibility index (Phi) is 7.62. The van der Waals surface area contributed by atoms with Gasteiger partial charge in [-0.05, 0) is 31.7 Å². The van der Waals surface area contributed by atoms with E-state index < -0.39 is 0 Å². The highest BCUT2D eigenvalue weighted by Gasteiger charge is 1.85. The first-order valence-corrected chi connectivity index (χ1v) is 5.30. The summed E-state index contributed by atoms with van der Waals surface area (Å²) >= 11 is 0. The molecule has 0 amide bonds. The van der Waals surface area contributed by atoms with Crippen molar-refractivity contribution in [1.82, 2.24) is 0 Å². The van der Waals surface area contributed by atoms with Gasteiger partial charge in [-0.2, -0.15) is 0 Å². The Balaban J connectivity index is 0.000000791. The van der Waals surface area contributed by atoms with Crippen LogP contribution in [-0.2, 0) is 0 Å². The molecule has 1 N–H and O–H groups in total. The minimum absolute atomic E-state index is 1.10. The predicted molar refractivity (Wildman–Crippen MR) is 65.5 cm³/mol. The molecule has 0 aliphatic heterocycles. The van der Waals surface area contributed by atoms with Gasteiger partial charge in [-0.15, -0.1) is 0 Å². The fourth-order valence-electron chi connectivity index (χ4n) is 0.843. The highest BCUT2D eigenvalue weighted by Crippen LogP contribution is 2.06. The third kappa shape index (κ3) is 5.41. The zero-order valence-corrected chi connectivity index (χ0v) is 9.67. The Morgan fingerprint density at radius 2 is 1.79 bits per heavy atom. The summed E-state index contributed by atoms with van der Waals surface area (Å²) in [5.41, 5.74) is 2.50. The largest absolute Gasteiger partial charge is 0.362 e. The maximum absolute atomic E-state index is 3.23.